The van der Waals surface area contributed by atoms with Gasteiger partial charge in [-0.15, -0.1) is 0 Å². The molecule has 1 aromatic heterocycles. The van der Waals surface area contributed by atoms with Gasteiger partial charge in [0.25, 0.3) is 0 Å². The van der Waals surface area contributed by atoms with Gasteiger partial charge in [0.2, 0.25) is 5.78 Å². The number of rotatable bonds is 2. The van der Waals surface area contributed by atoms with Crippen LogP contribution in [0.5, 0.6) is 0 Å². The van der Waals surface area contributed by atoms with E-state index < -0.39 is 17.4 Å². The van der Waals surface area contributed by atoms with Crippen LogP contribution < -0.4 is 0 Å². The topological polar surface area (TPSA) is 30.0 Å². The van der Waals surface area contributed by atoms with E-state index in [4.69, 9.17) is 23.2 Å². The van der Waals surface area contributed by atoms with Gasteiger partial charge in [-0.05, 0) is 18.2 Å². The van der Waals surface area contributed by atoms with Crippen LogP contribution in [0, 0.1) is 11.6 Å². The molecule has 6 heteroatoms. The molecule has 1 aromatic carbocycles. The molecule has 0 aliphatic rings. The standard InChI is InChI=1S/C12H5Cl2F2NO/c13-7-3-10(14)11(17-5-7)12(18)6-1-8(15)4-9(16)2-6/h1-5H. The SMILES string of the molecule is O=C(c1cc(F)cc(F)c1)c1ncc(Cl)cc1Cl. The minimum absolute atomic E-state index is 0.0252. The summed E-state index contributed by atoms with van der Waals surface area (Å²) in [6.45, 7) is 0. The van der Waals surface area contributed by atoms with E-state index in [0.717, 1.165) is 12.1 Å². The van der Waals surface area contributed by atoms with Crippen molar-refractivity contribution in [1.82, 2.24) is 4.98 Å². The van der Waals surface area contributed by atoms with Crippen LogP contribution in [0.15, 0.2) is 30.5 Å². The fraction of sp³-hybridized carbons (Fsp3) is 0. The molecule has 0 aliphatic carbocycles. The van der Waals surface area contributed by atoms with Crippen LogP contribution in [-0.2, 0) is 0 Å². The van der Waals surface area contributed by atoms with Crippen LogP contribution in [-0.4, -0.2) is 10.8 Å². The summed E-state index contributed by atoms with van der Waals surface area (Å²) in [4.78, 5) is 15.7. The molecule has 0 aliphatic heterocycles. The average Bonchev–Trinajstić information content (AvgIpc) is 2.26. The fourth-order valence-electron chi connectivity index (χ4n) is 1.40. The van der Waals surface area contributed by atoms with Gasteiger partial charge in [-0.3, -0.25) is 4.79 Å². The maximum Gasteiger partial charge on any atom is 0.213 e. The first-order valence-corrected chi connectivity index (χ1v) is 5.55. The summed E-state index contributed by atoms with van der Waals surface area (Å²) in [7, 11) is 0. The lowest BCUT2D eigenvalue weighted by Gasteiger charge is -2.03. The summed E-state index contributed by atoms with van der Waals surface area (Å²) in [6, 6.07) is 3.84. The Hall–Kier alpha value is -1.52. The largest absolute Gasteiger partial charge is 0.287 e. The Labute approximate surface area is 111 Å². The minimum Gasteiger partial charge on any atom is -0.287 e. The summed E-state index contributed by atoms with van der Waals surface area (Å²) in [6.07, 6.45) is 1.23. The van der Waals surface area contributed by atoms with Crippen LogP contribution >= 0.6 is 23.2 Å². The highest BCUT2D eigenvalue weighted by molar-refractivity contribution is 6.37. The third-order valence-corrected chi connectivity index (χ3v) is 2.64. The van der Waals surface area contributed by atoms with E-state index in [-0.39, 0.29) is 21.3 Å². The molecule has 1 heterocycles. The number of carbonyl (C=O) groups is 1. The van der Waals surface area contributed by atoms with E-state index in [0.29, 0.717) is 6.07 Å². The monoisotopic (exact) mass is 287 g/mol. The Kier molecular flexibility index (Phi) is 3.59. The molecule has 0 spiro atoms. The number of nitrogens with zero attached hydrogens (tertiary/aromatic N) is 1. The second kappa shape index (κ2) is 5.00. The Balaban J connectivity index is 2.47. The summed E-state index contributed by atoms with van der Waals surface area (Å²) >= 11 is 11.4. The van der Waals surface area contributed by atoms with Crippen molar-refractivity contribution in [3.63, 3.8) is 0 Å². The second-order valence-corrected chi connectivity index (χ2v) is 4.31. The normalized spacial score (nSPS) is 10.4. The maximum atomic E-state index is 13.0. The molecule has 92 valence electrons. The first kappa shape index (κ1) is 12.9. The van der Waals surface area contributed by atoms with Gasteiger partial charge in [0.15, 0.2) is 0 Å². The smallest absolute Gasteiger partial charge is 0.213 e. The second-order valence-electron chi connectivity index (χ2n) is 3.47. The zero-order chi connectivity index (χ0) is 13.3. The van der Waals surface area contributed by atoms with Crippen LogP contribution in [0.3, 0.4) is 0 Å². The van der Waals surface area contributed by atoms with Crippen molar-refractivity contribution in [3.8, 4) is 0 Å². The van der Waals surface area contributed by atoms with E-state index in [1.54, 1.807) is 0 Å². The van der Waals surface area contributed by atoms with Gasteiger partial charge < -0.3 is 0 Å². The van der Waals surface area contributed by atoms with Crippen molar-refractivity contribution in [2.24, 2.45) is 0 Å². The van der Waals surface area contributed by atoms with E-state index in [1.807, 2.05) is 0 Å². The zero-order valence-electron chi connectivity index (χ0n) is 8.75. The number of benzene rings is 1. The fourth-order valence-corrected chi connectivity index (χ4v) is 1.87. The van der Waals surface area contributed by atoms with Crippen molar-refractivity contribution >= 4 is 29.0 Å². The minimum atomic E-state index is -0.844. The molecule has 0 saturated heterocycles. The molecule has 0 unspecified atom stereocenters. The first-order valence-electron chi connectivity index (χ1n) is 4.79. The maximum absolute atomic E-state index is 13.0. The van der Waals surface area contributed by atoms with E-state index >= 15 is 0 Å². The van der Waals surface area contributed by atoms with Crippen molar-refractivity contribution in [1.29, 1.82) is 0 Å². The van der Waals surface area contributed by atoms with E-state index in [2.05, 4.69) is 4.98 Å². The quantitative estimate of drug-likeness (QED) is 0.784. The Morgan fingerprint density at radius 3 is 2.22 bits per heavy atom. The van der Waals surface area contributed by atoms with Crippen molar-refractivity contribution < 1.29 is 13.6 Å². The molecule has 2 aromatic rings. The molecule has 0 N–H and O–H groups in total. The van der Waals surface area contributed by atoms with Gasteiger partial charge in [-0.25, -0.2) is 13.8 Å². The molecule has 18 heavy (non-hydrogen) atoms. The molecule has 0 atom stereocenters. The van der Waals surface area contributed by atoms with Gasteiger partial charge >= 0.3 is 0 Å². The van der Waals surface area contributed by atoms with Crippen molar-refractivity contribution in [2.45, 2.75) is 0 Å². The highest BCUT2D eigenvalue weighted by atomic mass is 35.5. The third-order valence-electron chi connectivity index (χ3n) is 2.15. The molecule has 2 nitrogen and oxygen atoms in total. The number of carbonyl (C=O) groups excluding carboxylic acids is 1. The summed E-state index contributed by atoms with van der Waals surface area (Å²) in [5.74, 6) is -2.36. The van der Waals surface area contributed by atoms with E-state index in [1.165, 1.54) is 12.3 Å². The van der Waals surface area contributed by atoms with Gasteiger partial charge in [-0.2, -0.15) is 0 Å². The summed E-state index contributed by atoms with van der Waals surface area (Å²) in [5, 5.41) is 0.291. The number of halogens is 4. The molecule has 0 fully saturated rings. The molecule has 2 rings (SSSR count). The molecule has 0 radical (unpaired) electrons. The van der Waals surface area contributed by atoms with Crippen molar-refractivity contribution in [2.75, 3.05) is 0 Å². The van der Waals surface area contributed by atoms with Crippen LogP contribution in [0.25, 0.3) is 0 Å². The zero-order valence-corrected chi connectivity index (χ0v) is 10.3. The summed E-state index contributed by atoms with van der Waals surface area (Å²) < 4.78 is 26.0. The lowest BCUT2D eigenvalue weighted by atomic mass is 10.1. The lowest BCUT2D eigenvalue weighted by molar-refractivity contribution is 0.103. The number of hydrogen-bond donors (Lipinski definition) is 0. The van der Waals surface area contributed by atoms with Gasteiger partial charge in [0.05, 0.1) is 10.0 Å². The van der Waals surface area contributed by atoms with Crippen LogP contribution in [0.1, 0.15) is 16.1 Å². The molecule has 0 bridgehead atoms. The van der Waals surface area contributed by atoms with Crippen molar-refractivity contribution in [3.05, 3.63) is 63.4 Å². The highest BCUT2D eigenvalue weighted by Gasteiger charge is 2.16. The Morgan fingerprint density at radius 2 is 1.67 bits per heavy atom. The van der Waals surface area contributed by atoms with Gasteiger partial charge in [0.1, 0.15) is 17.3 Å². The molecule has 0 amide bonds. The average molecular weight is 288 g/mol. The first-order chi connectivity index (χ1) is 8.47. The van der Waals surface area contributed by atoms with Crippen LogP contribution in [0.4, 0.5) is 8.78 Å². The molecular formula is C12H5Cl2F2NO. The third kappa shape index (κ3) is 2.66. The highest BCUT2D eigenvalue weighted by Crippen LogP contribution is 2.21. The lowest BCUT2D eigenvalue weighted by Crippen LogP contribution is -2.06. The Bertz CT molecular complexity index is 611. The predicted octanol–water partition coefficient (Wildman–Crippen LogP) is 3.90. The predicted molar refractivity (Wildman–Crippen MR) is 64.0 cm³/mol. The van der Waals surface area contributed by atoms with E-state index in [9.17, 15) is 13.6 Å². The van der Waals surface area contributed by atoms with Gasteiger partial charge in [-0.1, -0.05) is 23.2 Å². The molecule has 0 saturated carbocycles. The molecular weight excluding hydrogens is 283 g/mol. The summed E-state index contributed by atoms with van der Waals surface area (Å²) in [5.41, 5.74) is -0.268. The van der Waals surface area contributed by atoms with Crippen LogP contribution in [0.2, 0.25) is 10.0 Å². The number of pyridine rings is 1. The number of aromatic nitrogens is 1. The Morgan fingerprint density at radius 1 is 1.06 bits per heavy atom. The number of hydrogen-bond acceptors (Lipinski definition) is 2. The number of ketones is 1. The van der Waals surface area contributed by atoms with Gasteiger partial charge in [0, 0.05) is 17.8 Å².